The summed E-state index contributed by atoms with van der Waals surface area (Å²) in [5, 5.41) is 0. The molecule has 1 aliphatic heterocycles. The van der Waals surface area contributed by atoms with E-state index in [-0.39, 0.29) is 5.56 Å². The lowest BCUT2D eigenvalue weighted by Crippen LogP contribution is -2.39. The molecule has 0 N–H and O–H groups in total. The summed E-state index contributed by atoms with van der Waals surface area (Å²) in [6.07, 6.45) is 4.90. The Labute approximate surface area is 189 Å². The number of allylic oxidation sites excluding steroid dienone is 1. The fraction of sp³-hybridized carbons (Fsp3) is 0.292. The molecule has 2 aromatic heterocycles. The first-order chi connectivity index (χ1) is 15.5. The van der Waals surface area contributed by atoms with E-state index in [9.17, 15) is 9.59 Å². The van der Waals surface area contributed by atoms with Crippen LogP contribution in [0.1, 0.15) is 37.9 Å². The van der Waals surface area contributed by atoms with E-state index < -0.39 is 12.0 Å². The summed E-state index contributed by atoms with van der Waals surface area (Å²) in [6.45, 7) is 7.78. The fourth-order valence-corrected chi connectivity index (χ4v) is 5.02. The number of nitrogens with zero attached hydrogens (tertiary/aromatic N) is 3. The van der Waals surface area contributed by atoms with E-state index in [4.69, 9.17) is 9.15 Å². The number of aromatic nitrogens is 1. The predicted octanol–water partition coefficient (Wildman–Crippen LogP) is 2.85. The molecular formula is C24H25N3O4S. The van der Waals surface area contributed by atoms with Crippen molar-refractivity contribution in [1.29, 1.82) is 0 Å². The third kappa shape index (κ3) is 3.82. The zero-order valence-corrected chi connectivity index (χ0v) is 19.3. The number of ether oxygens (including phenoxy) is 1. The predicted molar refractivity (Wildman–Crippen MR) is 124 cm³/mol. The van der Waals surface area contributed by atoms with Gasteiger partial charge in [-0.25, -0.2) is 9.79 Å². The van der Waals surface area contributed by atoms with Crippen LogP contribution in [-0.4, -0.2) is 30.7 Å². The quantitative estimate of drug-likeness (QED) is 0.539. The molecule has 1 aliphatic rings. The van der Waals surface area contributed by atoms with E-state index in [0.29, 0.717) is 20.6 Å². The molecule has 166 valence electrons. The summed E-state index contributed by atoms with van der Waals surface area (Å²) in [5.74, 6) is -0.492. The molecule has 1 atom stereocenters. The highest BCUT2D eigenvalue weighted by Crippen LogP contribution is 2.31. The van der Waals surface area contributed by atoms with Crippen LogP contribution in [-0.2, 0) is 9.53 Å². The normalized spacial score (nSPS) is 16.0. The van der Waals surface area contributed by atoms with Crippen LogP contribution in [0, 0.1) is 0 Å². The van der Waals surface area contributed by atoms with Crippen LogP contribution in [0.4, 0.5) is 5.69 Å². The van der Waals surface area contributed by atoms with Crippen molar-refractivity contribution in [2.24, 2.45) is 4.99 Å². The Morgan fingerprint density at radius 1 is 1.25 bits per heavy atom. The molecule has 0 saturated heterocycles. The molecule has 32 heavy (non-hydrogen) atoms. The topological polar surface area (TPSA) is 77.0 Å². The zero-order chi connectivity index (χ0) is 22.8. The van der Waals surface area contributed by atoms with E-state index in [2.05, 4.69) is 23.7 Å². The Hall–Kier alpha value is -3.39. The van der Waals surface area contributed by atoms with Crippen molar-refractivity contribution in [2.45, 2.75) is 26.8 Å². The highest BCUT2D eigenvalue weighted by atomic mass is 32.1. The number of carbonyl (C=O) groups is 1. The molecule has 0 fully saturated rings. The fourth-order valence-electron chi connectivity index (χ4n) is 3.97. The van der Waals surface area contributed by atoms with Gasteiger partial charge in [0.25, 0.3) is 5.56 Å². The van der Waals surface area contributed by atoms with E-state index in [0.717, 1.165) is 29.9 Å². The van der Waals surface area contributed by atoms with Crippen molar-refractivity contribution in [3.63, 3.8) is 0 Å². The largest absolute Gasteiger partial charge is 0.472 e. The van der Waals surface area contributed by atoms with Gasteiger partial charge in [0.05, 0.1) is 41.5 Å². The van der Waals surface area contributed by atoms with Crippen molar-refractivity contribution in [3.05, 3.63) is 84.9 Å². The Morgan fingerprint density at radius 2 is 1.97 bits per heavy atom. The van der Waals surface area contributed by atoms with E-state index in [1.807, 2.05) is 24.3 Å². The minimum Gasteiger partial charge on any atom is -0.472 e. The monoisotopic (exact) mass is 451 g/mol. The molecule has 0 saturated carbocycles. The maximum Gasteiger partial charge on any atom is 0.338 e. The second kappa shape index (κ2) is 9.00. The standard InChI is InChI=1S/C24H25N3O4S/c1-5-26(6-2)18-9-7-17(8-10-18)21-20(23(29)30-4)15(3)25-24-27(21)22(28)19(32-24)13-16-11-12-31-14-16/h7-14,21H,5-6H2,1-4H3/b19-13+/t21-/m1/s1. The summed E-state index contributed by atoms with van der Waals surface area (Å²) < 4.78 is 12.3. The highest BCUT2D eigenvalue weighted by molar-refractivity contribution is 7.07. The van der Waals surface area contributed by atoms with Gasteiger partial charge in [-0.3, -0.25) is 9.36 Å². The molecule has 3 heterocycles. The summed E-state index contributed by atoms with van der Waals surface area (Å²) >= 11 is 1.29. The van der Waals surface area contributed by atoms with Gasteiger partial charge in [-0.1, -0.05) is 23.5 Å². The Balaban J connectivity index is 1.91. The average molecular weight is 452 g/mol. The number of rotatable bonds is 6. The van der Waals surface area contributed by atoms with E-state index in [1.165, 1.54) is 18.4 Å². The van der Waals surface area contributed by atoms with Crippen LogP contribution < -0.4 is 19.8 Å². The van der Waals surface area contributed by atoms with Crippen LogP contribution in [0.15, 0.2) is 68.3 Å². The van der Waals surface area contributed by atoms with Crippen LogP contribution >= 0.6 is 11.3 Å². The Bertz CT molecular complexity index is 1330. The molecular weight excluding hydrogens is 426 g/mol. The first-order valence-electron chi connectivity index (χ1n) is 10.5. The molecule has 0 unspecified atom stereocenters. The Morgan fingerprint density at radius 3 is 2.56 bits per heavy atom. The zero-order valence-electron chi connectivity index (χ0n) is 18.5. The summed E-state index contributed by atoms with van der Waals surface area (Å²) in [4.78, 5) is 33.5. The second-order valence-corrected chi connectivity index (χ2v) is 8.40. The van der Waals surface area contributed by atoms with Crippen molar-refractivity contribution < 1.29 is 13.9 Å². The average Bonchev–Trinajstić information content (AvgIpc) is 3.42. The first kappa shape index (κ1) is 21.8. The minimum atomic E-state index is -0.615. The minimum absolute atomic E-state index is 0.207. The number of hydrogen-bond donors (Lipinski definition) is 0. The summed E-state index contributed by atoms with van der Waals surface area (Å²) in [5.41, 5.74) is 3.41. The first-order valence-corrected chi connectivity index (χ1v) is 11.3. The maximum atomic E-state index is 13.4. The van der Waals surface area contributed by atoms with E-state index in [1.54, 1.807) is 36.2 Å². The molecule has 0 spiro atoms. The van der Waals surface area contributed by atoms with Gasteiger partial charge < -0.3 is 14.1 Å². The molecule has 1 aromatic carbocycles. The number of esters is 1. The lowest BCUT2D eigenvalue weighted by atomic mass is 9.95. The molecule has 0 amide bonds. The van der Waals surface area contributed by atoms with Crippen molar-refractivity contribution in [2.75, 3.05) is 25.1 Å². The number of carbonyl (C=O) groups excluding carboxylic acids is 1. The lowest BCUT2D eigenvalue weighted by molar-refractivity contribution is -0.136. The van der Waals surface area contributed by atoms with Gasteiger partial charge in [-0.2, -0.15) is 0 Å². The van der Waals surface area contributed by atoms with Gasteiger partial charge in [0, 0.05) is 24.3 Å². The molecule has 4 rings (SSSR count). The molecule has 0 bridgehead atoms. The number of anilines is 1. The number of methoxy groups -OCH3 is 1. The van der Waals surface area contributed by atoms with Crippen molar-refractivity contribution in [1.82, 2.24) is 4.57 Å². The number of hydrogen-bond acceptors (Lipinski definition) is 7. The second-order valence-electron chi connectivity index (χ2n) is 7.39. The van der Waals surface area contributed by atoms with Crippen LogP contribution in [0.25, 0.3) is 6.08 Å². The smallest absolute Gasteiger partial charge is 0.338 e. The SMILES string of the molecule is CCN(CC)c1ccc([C@@H]2C(C(=O)OC)=C(C)N=c3s/c(=C/c4ccoc4)c(=O)n32)cc1. The number of thiazole rings is 1. The molecule has 3 aromatic rings. The maximum absolute atomic E-state index is 13.4. The van der Waals surface area contributed by atoms with Crippen molar-refractivity contribution in [3.8, 4) is 0 Å². The Kier molecular flexibility index (Phi) is 6.14. The van der Waals surface area contributed by atoms with Gasteiger partial charge in [0.1, 0.15) is 0 Å². The number of benzene rings is 1. The lowest BCUT2D eigenvalue weighted by Gasteiger charge is -2.26. The van der Waals surface area contributed by atoms with Gasteiger partial charge >= 0.3 is 5.97 Å². The van der Waals surface area contributed by atoms with Crippen LogP contribution in [0.5, 0.6) is 0 Å². The number of furan rings is 1. The molecule has 8 heteroatoms. The van der Waals surface area contributed by atoms with Crippen molar-refractivity contribution >= 4 is 29.1 Å². The number of fused-ring (bicyclic) bond motifs is 1. The van der Waals surface area contributed by atoms with E-state index >= 15 is 0 Å². The third-order valence-corrected chi connectivity index (χ3v) is 6.59. The van der Waals surface area contributed by atoms with Gasteiger partial charge in [-0.15, -0.1) is 0 Å². The molecule has 0 aliphatic carbocycles. The third-order valence-electron chi connectivity index (χ3n) is 5.61. The van der Waals surface area contributed by atoms with Crippen LogP contribution in [0.2, 0.25) is 0 Å². The highest BCUT2D eigenvalue weighted by Gasteiger charge is 2.33. The van der Waals surface area contributed by atoms with Crippen LogP contribution in [0.3, 0.4) is 0 Å². The van der Waals surface area contributed by atoms with Gasteiger partial charge in [0.2, 0.25) is 0 Å². The molecule has 0 radical (unpaired) electrons. The summed E-state index contributed by atoms with van der Waals surface area (Å²) in [7, 11) is 1.34. The van der Waals surface area contributed by atoms with Gasteiger partial charge in [0.15, 0.2) is 4.80 Å². The summed E-state index contributed by atoms with van der Waals surface area (Å²) in [6, 6.07) is 9.14. The molecule has 7 nitrogen and oxygen atoms in total. The van der Waals surface area contributed by atoms with Gasteiger partial charge in [-0.05, 0) is 50.6 Å².